The van der Waals surface area contributed by atoms with Crippen molar-refractivity contribution in [2.45, 2.75) is 33.2 Å². The minimum absolute atomic E-state index is 0.0638. The Morgan fingerprint density at radius 2 is 1.82 bits per heavy atom. The maximum Gasteiger partial charge on any atom is 0.167 e. The molecule has 0 saturated carbocycles. The number of hydrogen-bond donors (Lipinski definition) is 1. The van der Waals surface area contributed by atoms with E-state index in [4.69, 9.17) is 0 Å². The van der Waals surface area contributed by atoms with Crippen LogP contribution in [-0.4, -0.2) is 28.1 Å². The highest BCUT2D eigenvalue weighted by Gasteiger charge is 2.24. The lowest BCUT2D eigenvalue weighted by Crippen LogP contribution is -2.42. The number of hydrogen-bond acceptors (Lipinski definition) is 3. The first kappa shape index (κ1) is 13.9. The molecule has 0 heterocycles. The first-order chi connectivity index (χ1) is 7.82. The van der Waals surface area contributed by atoms with Crippen LogP contribution in [0.3, 0.4) is 0 Å². The Morgan fingerprint density at radius 3 is 2.29 bits per heavy atom. The second-order valence-corrected chi connectivity index (χ2v) is 5.38. The van der Waals surface area contributed by atoms with Crippen LogP contribution >= 0.6 is 0 Å². The van der Waals surface area contributed by atoms with Gasteiger partial charge >= 0.3 is 0 Å². The monoisotopic (exact) mass is 235 g/mol. The Balaban J connectivity index is 2.66. The van der Waals surface area contributed by atoms with Crippen LogP contribution < -0.4 is 0 Å². The van der Waals surface area contributed by atoms with Gasteiger partial charge in [0, 0.05) is 23.6 Å². The quantitative estimate of drug-likeness (QED) is 0.644. The number of nitrogens with zero attached hydrogens (tertiary/aromatic N) is 1. The van der Waals surface area contributed by atoms with E-state index in [0.29, 0.717) is 12.1 Å². The maximum atomic E-state index is 12.1. The molecule has 3 heteroatoms. The lowest BCUT2D eigenvalue weighted by atomic mass is 9.98. The molecule has 0 amide bonds. The fraction of sp³-hybridized carbons (Fsp3) is 0.500. The summed E-state index contributed by atoms with van der Waals surface area (Å²) >= 11 is 0. The minimum atomic E-state index is -0.342. The fourth-order valence-corrected chi connectivity index (χ4v) is 1.50. The zero-order valence-corrected chi connectivity index (χ0v) is 11.0. The van der Waals surface area contributed by atoms with Crippen LogP contribution in [0.1, 0.15) is 38.1 Å². The highest BCUT2D eigenvalue weighted by Crippen LogP contribution is 2.15. The van der Waals surface area contributed by atoms with Crippen LogP contribution in [0.4, 0.5) is 0 Å². The van der Waals surface area contributed by atoms with E-state index in [-0.39, 0.29) is 17.2 Å². The summed E-state index contributed by atoms with van der Waals surface area (Å²) in [5.41, 5.74) is 0.355. The molecular weight excluding hydrogens is 214 g/mol. The number of carbonyl (C=O) groups excluding carboxylic acids is 1. The Labute approximate surface area is 103 Å². The van der Waals surface area contributed by atoms with Crippen LogP contribution in [0.2, 0.25) is 0 Å². The molecule has 0 radical (unpaired) electrons. The highest BCUT2D eigenvalue weighted by atomic mass is 16.5. The van der Waals surface area contributed by atoms with E-state index in [0.717, 1.165) is 0 Å². The third-order valence-corrected chi connectivity index (χ3v) is 2.73. The molecule has 94 valence electrons. The van der Waals surface area contributed by atoms with Crippen molar-refractivity contribution in [1.82, 2.24) is 5.06 Å². The van der Waals surface area contributed by atoms with Gasteiger partial charge in [-0.2, -0.15) is 5.06 Å². The number of carbonyl (C=O) groups is 1. The average molecular weight is 235 g/mol. The van der Waals surface area contributed by atoms with Crippen LogP contribution in [0.15, 0.2) is 30.3 Å². The molecule has 1 aromatic rings. The molecule has 17 heavy (non-hydrogen) atoms. The van der Waals surface area contributed by atoms with Gasteiger partial charge in [-0.25, -0.2) is 0 Å². The first-order valence-corrected chi connectivity index (χ1v) is 5.88. The van der Waals surface area contributed by atoms with Crippen LogP contribution in [-0.2, 0) is 0 Å². The predicted molar refractivity (Wildman–Crippen MR) is 68.2 cm³/mol. The Morgan fingerprint density at radius 1 is 1.29 bits per heavy atom. The van der Waals surface area contributed by atoms with Gasteiger partial charge in [0.1, 0.15) is 0 Å². The zero-order chi connectivity index (χ0) is 13.1. The number of rotatable bonds is 4. The fourth-order valence-electron chi connectivity index (χ4n) is 1.50. The third kappa shape index (κ3) is 3.95. The molecule has 0 saturated heterocycles. The third-order valence-electron chi connectivity index (χ3n) is 2.73. The molecule has 0 bridgehead atoms. The molecule has 0 fully saturated rings. The Hall–Kier alpha value is -1.19. The van der Waals surface area contributed by atoms with Crippen LogP contribution in [0.5, 0.6) is 0 Å². The van der Waals surface area contributed by atoms with Gasteiger partial charge in [-0.1, -0.05) is 37.3 Å². The normalized spacial score (nSPS) is 13.8. The van der Waals surface area contributed by atoms with Crippen molar-refractivity contribution in [3.63, 3.8) is 0 Å². The molecule has 0 aliphatic rings. The summed E-state index contributed by atoms with van der Waals surface area (Å²) < 4.78 is 0. The van der Waals surface area contributed by atoms with Gasteiger partial charge < -0.3 is 5.21 Å². The smallest absolute Gasteiger partial charge is 0.167 e. The van der Waals surface area contributed by atoms with Gasteiger partial charge in [-0.3, -0.25) is 4.79 Å². The zero-order valence-electron chi connectivity index (χ0n) is 11.0. The van der Waals surface area contributed by atoms with Crippen molar-refractivity contribution >= 4 is 5.78 Å². The maximum absolute atomic E-state index is 12.1. The first-order valence-electron chi connectivity index (χ1n) is 5.88. The van der Waals surface area contributed by atoms with E-state index in [1.807, 2.05) is 45.9 Å². The summed E-state index contributed by atoms with van der Waals surface area (Å²) in [6, 6.07) is 9.19. The molecule has 1 rings (SSSR count). The summed E-state index contributed by atoms with van der Waals surface area (Å²) in [5, 5.41) is 11.1. The van der Waals surface area contributed by atoms with Crippen molar-refractivity contribution in [1.29, 1.82) is 0 Å². The Bertz CT molecular complexity index is 368. The van der Waals surface area contributed by atoms with Crippen LogP contribution in [0.25, 0.3) is 0 Å². The largest absolute Gasteiger partial charge is 0.313 e. The second-order valence-electron chi connectivity index (χ2n) is 5.38. The van der Waals surface area contributed by atoms with Crippen LogP contribution in [0, 0.1) is 5.92 Å². The van der Waals surface area contributed by atoms with Gasteiger partial charge in [0.05, 0.1) is 0 Å². The average Bonchev–Trinajstić information content (AvgIpc) is 2.27. The highest BCUT2D eigenvalue weighted by molar-refractivity contribution is 5.97. The van der Waals surface area contributed by atoms with E-state index in [9.17, 15) is 10.0 Å². The molecule has 0 spiro atoms. The molecule has 1 N–H and O–H groups in total. The molecule has 1 atom stereocenters. The second kappa shape index (κ2) is 5.43. The van der Waals surface area contributed by atoms with Gasteiger partial charge in [0.25, 0.3) is 0 Å². The molecule has 1 unspecified atom stereocenters. The number of benzene rings is 1. The van der Waals surface area contributed by atoms with E-state index in [1.54, 1.807) is 12.1 Å². The molecule has 0 aliphatic carbocycles. The van der Waals surface area contributed by atoms with Gasteiger partial charge in [-0.15, -0.1) is 0 Å². The van der Waals surface area contributed by atoms with Crippen molar-refractivity contribution in [3.8, 4) is 0 Å². The van der Waals surface area contributed by atoms with Gasteiger partial charge in [-0.05, 0) is 20.8 Å². The SMILES string of the molecule is CC(CN(O)C(C)(C)C)C(=O)c1ccccc1. The molecule has 1 aromatic carbocycles. The summed E-state index contributed by atoms with van der Waals surface area (Å²) in [5.74, 6) is -0.157. The number of Topliss-reactive ketones (excluding diaryl/α,β-unsaturated/α-hetero) is 1. The summed E-state index contributed by atoms with van der Waals surface area (Å²) in [4.78, 5) is 12.1. The summed E-state index contributed by atoms with van der Waals surface area (Å²) in [6.07, 6.45) is 0. The number of ketones is 1. The molecule has 0 aromatic heterocycles. The van der Waals surface area contributed by atoms with Crippen molar-refractivity contribution in [2.75, 3.05) is 6.54 Å². The summed E-state index contributed by atoms with van der Waals surface area (Å²) in [7, 11) is 0. The lowest BCUT2D eigenvalue weighted by molar-refractivity contribution is -0.160. The van der Waals surface area contributed by atoms with E-state index < -0.39 is 0 Å². The van der Waals surface area contributed by atoms with Gasteiger partial charge in [0.15, 0.2) is 5.78 Å². The summed E-state index contributed by atoms with van der Waals surface area (Å²) in [6.45, 7) is 7.91. The topological polar surface area (TPSA) is 40.5 Å². The van der Waals surface area contributed by atoms with Crippen molar-refractivity contribution in [3.05, 3.63) is 35.9 Å². The van der Waals surface area contributed by atoms with E-state index in [2.05, 4.69) is 0 Å². The minimum Gasteiger partial charge on any atom is -0.313 e. The molecule has 3 nitrogen and oxygen atoms in total. The Kier molecular flexibility index (Phi) is 4.43. The van der Waals surface area contributed by atoms with Crippen molar-refractivity contribution < 1.29 is 10.0 Å². The van der Waals surface area contributed by atoms with Crippen molar-refractivity contribution in [2.24, 2.45) is 5.92 Å². The lowest BCUT2D eigenvalue weighted by Gasteiger charge is -2.31. The van der Waals surface area contributed by atoms with E-state index in [1.165, 1.54) is 5.06 Å². The molecule has 0 aliphatic heterocycles. The predicted octanol–water partition coefficient (Wildman–Crippen LogP) is 3.00. The number of hydroxylamine groups is 2. The standard InChI is InChI=1S/C14H21NO2/c1-11(10-15(17)14(2,3)4)13(16)12-8-6-5-7-9-12/h5-9,11,17H,10H2,1-4H3. The van der Waals surface area contributed by atoms with Gasteiger partial charge in [0.2, 0.25) is 0 Å². The van der Waals surface area contributed by atoms with E-state index >= 15 is 0 Å². The molecular formula is C14H21NO2.